The van der Waals surface area contributed by atoms with E-state index in [1.165, 1.54) is 11.8 Å². The van der Waals surface area contributed by atoms with Crippen LogP contribution in [0.1, 0.15) is 34.6 Å². The largest absolute Gasteiger partial charge is 0.378 e. The van der Waals surface area contributed by atoms with Crippen molar-refractivity contribution in [3.8, 4) is 0 Å². The fraction of sp³-hybridized carbons (Fsp3) is 0.765. The third-order valence-electron chi connectivity index (χ3n) is 3.85. The molecule has 2 rings (SSSR count). The second-order valence-electron chi connectivity index (χ2n) is 7.26. The first-order valence-corrected chi connectivity index (χ1v) is 10.2. The fourth-order valence-corrected chi connectivity index (χ4v) is 3.47. The summed E-state index contributed by atoms with van der Waals surface area (Å²) in [6, 6.07) is -0.522. The van der Waals surface area contributed by atoms with Crippen molar-refractivity contribution in [1.29, 1.82) is 0 Å². The summed E-state index contributed by atoms with van der Waals surface area (Å²) in [5.74, 6) is 0.853. The van der Waals surface area contributed by atoms with Crippen molar-refractivity contribution in [3.05, 3.63) is 0 Å². The van der Waals surface area contributed by atoms with Crippen molar-refractivity contribution >= 4 is 29.6 Å². The van der Waals surface area contributed by atoms with Crippen LogP contribution in [-0.2, 0) is 16.1 Å². The predicted molar refractivity (Wildman–Crippen MR) is 105 cm³/mol. The number of anilines is 1. The van der Waals surface area contributed by atoms with Gasteiger partial charge in [0.25, 0.3) is 0 Å². The molecule has 27 heavy (non-hydrogen) atoms. The summed E-state index contributed by atoms with van der Waals surface area (Å²) in [4.78, 5) is 26.2. The van der Waals surface area contributed by atoms with E-state index in [0.717, 1.165) is 25.6 Å². The molecule has 0 unspecified atom stereocenters. The Morgan fingerprint density at radius 1 is 1.15 bits per heavy atom. The van der Waals surface area contributed by atoms with E-state index < -0.39 is 11.3 Å². The van der Waals surface area contributed by atoms with Crippen LogP contribution in [0.2, 0.25) is 0 Å². The molecular formula is C17H30N6O3S. The first-order chi connectivity index (χ1) is 12.8. The van der Waals surface area contributed by atoms with E-state index in [0.29, 0.717) is 24.3 Å². The normalized spacial score (nSPS) is 15.9. The highest BCUT2D eigenvalue weighted by Gasteiger charge is 2.25. The molecule has 0 aliphatic carbocycles. The summed E-state index contributed by atoms with van der Waals surface area (Å²) >= 11 is 1.31. The Balaban J connectivity index is 2.08. The molecule has 9 nitrogen and oxygen atoms in total. The number of thioether (sulfide) groups is 1. The van der Waals surface area contributed by atoms with Crippen LogP contribution in [0.25, 0.3) is 0 Å². The summed E-state index contributed by atoms with van der Waals surface area (Å²) in [5, 5.41) is 13.9. The number of nitrogens with one attached hydrogen (secondary N) is 2. The van der Waals surface area contributed by atoms with Crippen LogP contribution in [0.15, 0.2) is 5.16 Å². The Labute approximate surface area is 164 Å². The van der Waals surface area contributed by atoms with E-state index in [4.69, 9.17) is 4.74 Å². The molecule has 2 N–H and O–H groups in total. The van der Waals surface area contributed by atoms with Crippen molar-refractivity contribution in [2.24, 2.45) is 5.92 Å². The molecule has 1 saturated heterocycles. The van der Waals surface area contributed by atoms with Crippen molar-refractivity contribution in [2.45, 2.75) is 57.6 Å². The average molecular weight is 399 g/mol. The molecule has 0 radical (unpaired) electrons. The van der Waals surface area contributed by atoms with Crippen LogP contribution in [0.4, 0.5) is 10.7 Å². The van der Waals surface area contributed by atoms with Crippen LogP contribution in [0, 0.1) is 5.92 Å². The van der Waals surface area contributed by atoms with E-state index in [1.807, 2.05) is 13.8 Å². The third kappa shape index (κ3) is 6.39. The minimum absolute atomic E-state index is 0.0361. The smallest absolute Gasteiger partial charge is 0.321 e. The lowest BCUT2D eigenvalue weighted by Gasteiger charge is -2.28. The number of rotatable bonds is 7. The molecule has 1 atom stereocenters. The molecule has 0 bridgehead atoms. The van der Waals surface area contributed by atoms with Crippen molar-refractivity contribution in [2.75, 3.05) is 31.2 Å². The van der Waals surface area contributed by atoms with E-state index in [-0.39, 0.29) is 11.9 Å². The zero-order valence-corrected chi connectivity index (χ0v) is 17.5. The first-order valence-electron chi connectivity index (χ1n) is 9.31. The molecule has 1 aromatic heterocycles. The van der Waals surface area contributed by atoms with E-state index in [1.54, 1.807) is 6.92 Å². The molecule has 1 fully saturated rings. The lowest BCUT2D eigenvalue weighted by Crippen LogP contribution is -2.45. The number of carbonyl (C=O) groups excluding carboxylic acids is 2. The number of nitrogens with zero attached hydrogens (tertiary/aromatic N) is 4. The van der Waals surface area contributed by atoms with Gasteiger partial charge in [-0.25, -0.2) is 4.79 Å². The number of urea groups is 1. The highest BCUT2D eigenvalue weighted by atomic mass is 32.2. The van der Waals surface area contributed by atoms with E-state index >= 15 is 0 Å². The van der Waals surface area contributed by atoms with Crippen LogP contribution < -0.4 is 15.5 Å². The summed E-state index contributed by atoms with van der Waals surface area (Å²) in [5.41, 5.74) is 0. The molecule has 2 heterocycles. The Morgan fingerprint density at radius 2 is 1.81 bits per heavy atom. The van der Waals surface area contributed by atoms with Gasteiger partial charge in [0.2, 0.25) is 11.9 Å². The standard InChI is InChI=1S/C17H30N6O3S/c1-11(2)10-23-16(22-6-8-26-9-7-22)20-21-17(23)27-13(5)14(24)19-15(25)18-12(3)4/h11-13H,6-10H2,1-5H3,(H2,18,19,24,25)/t13-/m0/s1. The lowest BCUT2D eigenvalue weighted by molar-refractivity contribution is -0.119. The molecule has 0 saturated carbocycles. The zero-order valence-electron chi connectivity index (χ0n) is 16.7. The average Bonchev–Trinajstić information content (AvgIpc) is 2.96. The van der Waals surface area contributed by atoms with Gasteiger partial charge < -0.3 is 15.0 Å². The molecular weight excluding hydrogens is 368 g/mol. The SMILES string of the molecule is CC(C)Cn1c(S[C@@H](C)C(=O)NC(=O)NC(C)C)nnc1N1CCOCC1. The molecule has 0 aromatic carbocycles. The van der Waals surface area contributed by atoms with Crippen LogP contribution in [0.5, 0.6) is 0 Å². The van der Waals surface area contributed by atoms with Gasteiger partial charge in [0.1, 0.15) is 0 Å². The van der Waals surface area contributed by atoms with Crippen LogP contribution in [0.3, 0.4) is 0 Å². The summed E-state index contributed by atoms with van der Waals surface area (Å²) in [6.45, 7) is 13.3. The number of ether oxygens (including phenoxy) is 1. The first kappa shape index (κ1) is 21.5. The molecule has 3 amide bonds. The minimum atomic E-state index is -0.486. The Hall–Kier alpha value is -1.81. The van der Waals surface area contributed by atoms with Crippen LogP contribution >= 0.6 is 11.8 Å². The van der Waals surface area contributed by atoms with Gasteiger partial charge in [-0.05, 0) is 26.7 Å². The maximum atomic E-state index is 12.3. The third-order valence-corrected chi connectivity index (χ3v) is 4.93. The minimum Gasteiger partial charge on any atom is -0.378 e. The van der Waals surface area contributed by atoms with Gasteiger partial charge in [0.15, 0.2) is 5.16 Å². The maximum absolute atomic E-state index is 12.3. The Morgan fingerprint density at radius 3 is 2.41 bits per heavy atom. The summed E-state index contributed by atoms with van der Waals surface area (Å²) in [7, 11) is 0. The predicted octanol–water partition coefficient (Wildman–Crippen LogP) is 1.49. The number of hydrogen-bond donors (Lipinski definition) is 2. The van der Waals surface area contributed by atoms with Crippen molar-refractivity contribution in [1.82, 2.24) is 25.4 Å². The topological polar surface area (TPSA) is 101 Å². The van der Waals surface area contributed by atoms with Crippen molar-refractivity contribution in [3.63, 3.8) is 0 Å². The second kappa shape index (κ2) is 9.93. The van der Waals surface area contributed by atoms with E-state index in [2.05, 4.69) is 44.1 Å². The summed E-state index contributed by atoms with van der Waals surface area (Å²) in [6.07, 6.45) is 0. The number of amides is 3. The van der Waals surface area contributed by atoms with Gasteiger partial charge in [0, 0.05) is 25.7 Å². The molecule has 0 spiro atoms. The monoisotopic (exact) mass is 398 g/mol. The molecule has 152 valence electrons. The van der Waals surface area contributed by atoms with Gasteiger partial charge in [-0.15, -0.1) is 10.2 Å². The Bertz CT molecular complexity index is 643. The van der Waals surface area contributed by atoms with Gasteiger partial charge in [-0.1, -0.05) is 25.6 Å². The van der Waals surface area contributed by atoms with Gasteiger partial charge >= 0.3 is 6.03 Å². The quantitative estimate of drug-likeness (QED) is 0.671. The Kier molecular flexibility index (Phi) is 7.91. The highest BCUT2D eigenvalue weighted by molar-refractivity contribution is 8.00. The molecule has 1 aromatic rings. The maximum Gasteiger partial charge on any atom is 0.321 e. The number of hydrogen-bond acceptors (Lipinski definition) is 7. The highest BCUT2D eigenvalue weighted by Crippen LogP contribution is 2.27. The number of imide groups is 1. The summed E-state index contributed by atoms with van der Waals surface area (Å²) < 4.78 is 7.47. The zero-order chi connectivity index (χ0) is 20.0. The van der Waals surface area contributed by atoms with Crippen molar-refractivity contribution < 1.29 is 14.3 Å². The molecule has 10 heteroatoms. The second-order valence-corrected chi connectivity index (χ2v) is 8.57. The fourth-order valence-electron chi connectivity index (χ4n) is 2.61. The number of carbonyl (C=O) groups is 2. The van der Waals surface area contributed by atoms with Gasteiger partial charge in [-0.3, -0.25) is 14.7 Å². The molecule has 1 aliphatic rings. The van der Waals surface area contributed by atoms with Gasteiger partial charge in [-0.2, -0.15) is 0 Å². The van der Waals surface area contributed by atoms with Crippen LogP contribution in [-0.4, -0.2) is 64.3 Å². The number of morpholine rings is 1. The lowest BCUT2D eigenvalue weighted by atomic mass is 10.2. The molecule has 1 aliphatic heterocycles. The number of aromatic nitrogens is 3. The van der Waals surface area contributed by atoms with Gasteiger partial charge in [0.05, 0.1) is 18.5 Å². The van der Waals surface area contributed by atoms with E-state index in [9.17, 15) is 9.59 Å².